The second kappa shape index (κ2) is 17.3. The van der Waals surface area contributed by atoms with Crippen LogP contribution in [0.2, 0.25) is 0 Å². The lowest BCUT2D eigenvalue weighted by atomic mass is 9.87. The second-order valence-electron chi connectivity index (χ2n) is 16.4. The Morgan fingerprint density at radius 1 is 0.696 bits per heavy atom. The molecule has 3 N–H and O–H groups in total. The number of hydrogen-bond donors (Lipinski definition) is 3. The normalized spacial score (nSPS) is 17.0. The van der Waals surface area contributed by atoms with E-state index in [0.717, 1.165) is 0 Å². The van der Waals surface area contributed by atoms with Crippen LogP contribution < -0.4 is 20.1 Å². The van der Waals surface area contributed by atoms with E-state index in [1.807, 2.05) is 4.57 Å². The Morgan fingerprint density at radius 2 is 1.25 bits per heavy atom. The number of ether oxygens (including phenoxy) is 2. The van der Waals surface area contributed by atoms with Crippen molar-refractivity contribution in [1.82, 2.24) is 39.0 Å². The van der Waals surface area contributed by atoms with Crippen LogP contribution in [0.15, 0.2) is 110 Å². The lowest BCUT2D eigenvalue weighted by Gasteiger charge is -2.37. The number of carbonyl (C=O) groups excluding carboxylic acids is 2. The van der Waals surface area contributed by atoms with E-state index in [4.69, 9.17) is 33.2 Å². The van der Waals surface area contributed by atoms with Crippen LogP contribution in [0, 0.1) is 0 Å². The first-order valence-corrected chi connectivity index (χ1v) is 21.6. The molecule has 4 heterocycles. The van der Waals surface area contributed by atoms with Crippen molar-refractivity contribution in [2.24, 2.45) is 0 Å². The number of carbonyl (C=O) groups is 2. The Labute approximate surface area is 395 Å². The summed E-state index contributed by atoms with van der Waals surface area (Å²) in [6.45, 7) is 0. The maximum Gasteiger partial charge on any atom is 0.487 e. The van der Waals surface area contributed by atoms with Gasteiger partial charge in [0.25, 0.3) is 17.7 Å². The third-order valence-corrected chi connectivity index (χ3v) is 11.8. The standard InChI is InChI=1S/C46H32Cl2F6N10O5/c47-45(51,52)68-31-5-1-26(2-6-31)60-42(66)23-9-33(25-17-55-20-56-18-25)40-37(12-23)62-41(64(40)29-15-44(49,50)16-29)38-35(19-57-21-58-38)34-10-24(11-36-39(34)63(22-59-36)28-13-30(65)14-28)43(67)61-27-3-7-32(8-4-27)69-46(48,53)54/h1-12,17-22,28-30,65H,13-16H2,(H,60,66)(H,61,67)/t28-,30-. The predicted molar refractivity (Wildman–Crippen MR) is 240 cm³/mol. The van der Waals surface area contributed by atoms with Crippen LogP contribution in [0.25, 0.3) is 55.8 Å². The van der Waals surface area contributed by atoms with Gasteiger partial charge < -0.3 is 34.3 Å². The molecule has 8 aromatic rings. The fourth-order valence-electron chi connectivity index (χ4n) is 8.52. The van der Waals surface area contributed by atoms with Crippen molar-refractivity contribution in [3.05, 3.63) is 121 Å². The molecule has 23 heteroatoms. The molecule has 15 nitrogen and oxygen atoms in total. The van der Waals surface area contributed by atoms with Gasteiger partial charge in [0.15, 0.2) is 5.82 Å². The number of aromatic nitrogens is 8. The zero-order chi connectivity index (χ0) is 48.4. The Balaban J connectivity index is 1.11. The molecule has 352 valence electrons. The first-order chi connectivity index (χ1) is 32.8. The number of fused-ring (bicyclic) bond motifs is 2. The minimum absolute atomic E-state index is 0.0678. The summed E-state index contributed by atoms with van der Waals surface area (Å²) in [5.41, 5.74) is -4.21. The quantitative estimate of drug-likeness (QED) is 0.0738. The molecule has 2 fully saturated rings. The number of nitrogens with zero attached hydrogens (tertiary/aromatic N) is 8. The fraction of sp³-hybridized carbons (Fsp3) is 0.217. The number of aliphatic hydroxyl groups excluding tert-OH is 1. The number of amides is 2. The molecule has 4 aromatic carbocycles. The summed E-state index contributed by atoms with van der Waals surface area (Å²) in [5.74, 6) is -4.67. The number of imidazole rings is 2. The van der Waals surface area contributed by atoms with Gasteiger partial charge >= 0.3 is 11.1 Å². The van der Waals surface area contributed by atoms with Crippen LogP contribution in [0.1, 0.15) is 58.5 Å². The molecule has 0 spiro atoms. The van der Waals surface area contributed by atoms with Crippen molar-refractivity contribution in [1.29, 1.82) is 0 Å². The van der Waals surface area contributed by atoms with Crippen molar-refractivity contribution in [3.63, 3.8) is 0 Å². The number of anilines is 2. The molecule has 2 aliphatic rings. The molecule has 10 rings (SSSR count). The summed E-state index contributed by atoms with van der Waals surface area (Å²) < 4.78 is 95.2. The van der Waals surface area contributed by atoms with E-state index >= 15 is 0 Å². The smallest absolute Gasteiger partial charge is 0.420 e. The van der Waals surface area contributed by atoms with E-state index < -0.39 is 53.9 Å². The first-order valence-electron chi connectivity index (χ1n) is 20.9. The summed E-state index contributed by atoms with van der Waals surface area (Å²) in [4.78, 5) is 55.0. The Morgan fingerprint density at radius 3 is 1.80 bits per heavy atom. The average molecular weight is 990 g/mol. The summed E-state index contributed by atoms with van der Waals surface area (Å²) in [5, 5.41) is 15.8. The van der Waals surface area contributed by atoms with Crippen LogP contribution >= 0.6 is 23.2 Å². The van der Waals surface area contributed by atoms with Crippen molar-refractivity contribution in [2.45, 2.75) is 60.9 Å². The van der Waals surface area contributed by atoms with Crippen LogP contribution in [0.3, 0.4) is 0 Å². The molecule has 2 aliphatic carbocycles. The third kappa shape index (κ3) is 9.44. The summed E-state index contributed by atoms with van der Waals surface area (Å²) in [7, 11) is 0. The molecule has 2 saturated carbocycles. The maximum absolute atomic E-state index is 15.0. The van der Waals surface area contributed by atoms with Gasteiger partial charge in [0.1, 0.15) is 29.8 Å². The number of benzene rings is 4. The number of hydrogen-bond acceptors (Lipinski definition) is 11. The monoisotopic (exact) mass is 988 g/mol. The average Bonchev–Trinajstić information content (AvgIpc) is 3.89. The fourth-order valence-corrected chi connectivity index (χ4v) is 8.70. The molecule has 0 radical (unpaired) electrons. The molecule has 0 saturated heterocycles. The van der Waals surface area contributed by atoms with Crippen molar-refractivity contribution < 1.29 is 50.5 Å². The van der Waals surface area contributed by atoms with Gasteiger partial charge in [0, 0.05) is 111 Å². The van der Waals surface area contributed by atoms with E-state index in [0.29, 0.717) is 51.6 Å². The highest BCUT2D eigenvalue weighted by Gasteiger charge is 2.48. The zero-order valence-electron chi connectivity index (χ0n) is 35.1. The molecule has 0 atom stereocenters. The largest absolute Gasteiger partial charge is 0.487 e. The van der Waals surface area contributed by atoms with Crippen molar-refractivity contribution >= 4 is 68.5 Å². The van der Waals surface area contributed by atoms with Gasteiger partial charge in [-0.15, -0.1) is 17.6 Å². The lowest BCUT2D eigenvalue weighted by Crippen LogP contribution is -2.37. The van der Waals surface area contributed by atoms with Gasteiger partial charge in [0.2, 0.25) is 0 Å². The van der Waals surface area contributed by atoms with Crippen LogP contribution in [0.4, 0.5) is 37.7 Å². The van der Waals surface area contributed by atoms with E-state index in [9.17, 15) is 41.0 Å². The highest BCUT2D eigenvalue weighted by atomic mass is 35.5. The van der Waals surface area contributed by atoms with Crippen LogP contribution in [-0.2, 0) is 0 Å². The van der Waals surface area contributed by atoms with Gasteiger partial charge in [-0.1, -0.05) is 0 Å². The molecule has 2 amide bonds. The van der Waals surface area contributed by atoms with Gasteiger partial charge in [-0.2, -0.15) is 0 Å². The Kier molecular flexibility index (Phi) is 11.4. The van der Waals surface area contributed by atoms with Gasteiger partial charge in [-0.05, 0) is 85.6 Å². The molecule has 0 unspecified atom stereocenters. The molecule has 0 bridgehead atoms. The van der Waals surface area contributed by atoms with Crippen LogP contribution in [-0.4, -0.2) is 79.1 Å². The Hall–Kier alpha value is -7.36. The summed E-state index contributed by atoms with van der Waals surface area (Å²) in [6.07, 6.45) is 7.78. The highest BCUT2D eigenvalue weighted by molar-refractivity contribution is 6.21. The van der Waals surface area contributed by atoms with Gasteiger partial charge in [-0.3, -0.25) is 9.59 Å². The second-order valence-corrected chi connectivity index (χ2v) is 17.3. The third-order valence-electron chi connectivity index (χ3n) is 11.7. The lowest BCUT2D eigenvalue weighted by molar-refractivity contribution is -0.103. The Bertz CT molecular complexity index is 3270. The minimum atomic E-state index is -3.96. The molecule has 0 aliphatic heterocycles. The van der Waals surface area contributed by atoms with Crippen molar-refractivity contribution in [2.75, 3.05) is 10.6 Å². The number of alkyl halides is 8. The maximum atomic E-state index is 15.0. The molecule has 4 aromatic heterocycles. The van der Waals surface area contributed by atoms with E-state index in [1.165, 1.54) is 91.9 Å². The van der Waals surface area contributed by atoms with E-state index in [1.54, 1.807) is 23.0 Å². The molecular weight excluding hydrogens is 957 g/mol. The minimum Gasteiger partial charge on any atom is -0.420 e. The highest BCUT2D eigenvalue weighted by Crippen LogP contribution is 2.50. The van der Waals surface area contributed by atoms with E-state index in [-0.39, 0.29) is 57.1 Å². The number of halogens is 8. The van der Waals surface area contributed by atoms with E-state index in [2.05, 4.69) is 40.0 Å². The topological polar surface area (TPSA) is 184 Å². The summed E-state index contributed by atoms with van der Waals surface area (Å²) >= 11 is 9.80. The first kappa shape index (κ1) is 45.4. The van der Waals surface area contributed by atoms with Gasteiger partial charge in [0.05, 0.1) is 34.5 Å². The zero-order valence-corrected chi connectivity index (χ0v) is 36.6. The number of rotatable bonds is 13. The van der Waals surface area contributed by atoms with Crippen LogP contribution in [0.5, 0.6) is 11.5 Å². The SMILES string of the molecule is O=C(Nc1ccc(OC(F)(F)Cl)cc1)c1cc(-c2cncnc2)c2c(c1)nc(-c1ncncc1-c1cc(C(=O)Nc3ccc(OC(F)(F)Cl)cc3)cc3ncn([C@H]4C[C@H](O)C4)c13)n2C1CC(F)(F)C1. The van der Waals surface area contributed by atoms with Crippen molar-refractivity contribution in [3.8, 4) is 45.3 Å². The molecular formula is C46H32Cl2F6N10O5. The predicted octanol–water partition coefficient (Wildman–Crippen LogP) is 10.5. The number of aliphatic hydroxyl groups is 1. The van der Waals surface area contributed by atoms with Gasteiger partial charge in [-0.25, -0.2) is 38.7 Å². The summed E-state index contributed by atoms with van der Waals surface area (Å²) in [6, 6.07) is 15.3. The molecule has 69 heavy (non-hydrogen) atoms. The number of nitrogens with one attached hydrogen (secondary N) is 2.